The lowest BCUT2D eigenvalue weighted by Crippen LogP contribution is -2.49. The highest BCUT2D eigenvalue weighted by Gasteiger charge is 2.51. The van der Waals surface area contributed by atoms with Gasteiger partial charge in [-0.25, -0.2) is 0 Å². The molecule has 0 spiro atoms. The van der Waals surface area contributed by atoms with Gasteiger partial charge in [-0.2, -0.15) is 0 Å². The first-order chi connectivity index (χ1) is 18.4. The van der Waals surface area contributed by atoms with E-state index < -0.39 is 26.0 Å². The highest BCUT2D eigenvalue weighted by Crippen LogP contribution is 2.52. The van der Waals surface area contributed by atoms with Crippen LogP contribution >= 0.6 is 23.5 Å². The van der Waals surface area contributed by atoms with Crippen LogP contribution in [0.25, 0.3) is 0 Å². The van der Waals surface area contributed by atoms with E-state index in [0.717, 1.165) is 37.2 Å². The van der Waals surface area contributed by atoms with Crippen LogP contribution in [0.4, 0.5) is 0 Å². The van der Waals surface area contributed by atoms with Crippen molar-refractivity contribution < 1.29 is 33.2 Å². The Kier molecular flexibility index (Phi) is 10.5. The Bertz CT molecular complexity index is 826. The largest absolute Gasteiger partial charge is 0.416 e. The van der Waals surface area contributed by atoms with E-state index in [-0.39, 0.29) is 45.7 Å². The standard InChI is InChI=1S/C30H56O7S2Si/c1-20(19-32-40(9,10)27(2,3)4)24-15-22(34-28(5,6)35-24)14-21(31)17-30(38-12-11-13-39-30)18-23-16-25-26(33-23)37-29(7,8)36-25/h20-26,31H,11-19H2,1-10H3/t20-,21-,22-,23-,24+,25+,26+/m0/s1. The van der Waals surface area contributed by atoms with E-state index in [0.29, 0.717) is 13.0 Å². The molecule has 0 radical (unpaired) electrons. The lowest BCUT2D eigenvalue weighted by molar-refractivity contribution is -0.311. The second kappa shape index (κ2) is 12.6. The van der Waals surface area contributed by atoms with Gasteiger partial charge >= 0.3 is 0 Å². The second-order valence-corrected chi connectivity index (χ2v) is 22.9. The normalized spacial score (nSPS) is 35.3. The number of rotatable bonds is 10. The number of thioether (sulfide) groups is 2. The summed E-state index contributed by atoms with van der Waals surface area (Å²) in [5, 5.41) is 11.6. The molecule has 0 aromatic rings. The SMILES string of the molecule is C[C@@H](CO[Si](C)(C)C(C)(C)C)[C@H]1C[C@H](C[C@H](O)CC2(C[C@@H]3C[C@H]4OC(C)(C)O[C@H]4O3)SCCCS2)OC(C)(C)O1. The van der Waals surface area contributed by atoms with Gasteiger partial charge in [0, 0.05) is 25.4 Å². The number of ether oxygens (including phenoxy) is 5. The maximum Gasteiger partial charge on any atom is 0.191 e. The van der Waals surface area contributed by atoms with E-state index in [2.05, 4.69) is 40.8 Å². The first-order valence-electron chi connectivity index (χ1n) is 15.3. The van der Waals surface area contributed by atoms with Crippen LogP contribution < -0.4 is 0 Å². The van der Waals surface area contributed by atoms with Gasteiger partial charge < -0.3 is 33.2 Å². The molecule has 0 amide bonds. The first kappa shape index (κ1) is 33.5. The molecule has 7 nitrogen and oxygen atoms in total. The fourth-order valence-corrected chi connectivity index (χ4v) is 10.7. The van der Waals surface area contributed by atoms with Crippen molar-refractivity contribution in [3.63, 3.8) is 0 Å². The number of fused-ring (bicyclic) bond motifs is 1. The molecule has 4 aliphatic rings. The molecule has 4 aliphatic heterocycles. The molecule has 0 unspecified atom stereocenters. The smallest absolute Gasteiger partial charge is 0.191 e. The zero-order valence-corrected chi connectivity index (χ0v) is 29.3. The summed E-state index contributed by atoms with van der Waals surface area (Å²) in [5.74, 6) is 1.23. The first-order valence-corrected chi connectivity index (χ1v) is 20.2. The number of aliphatic hydroxyl groups is 1. The zero-order valence-electron chi connectivity index (χ0n) is 26.6. The van der Waals surface area contributed by atoms with E-state index in [1.165, 1.54) is 6.42 Å². The van der Waals surface area contributed by atoms with Crippen molar-refractivity contribution in [3.8, 4) is 0 Å². The number of aliphatic hydroxyl groups excluding tert-OH is 1. The molecule has 10 heteroatoms. The Balaban J connectivity index is 1.33. The Hall–Kier alpha value is 0.637. The molecule has 0 aromatic carbocycles. The van der Waals surface area contributed by atoms with Gasteiger partial charge in [-0.15, -0.1) is 23.5 Å². The Morgan fingerprint density at radius 3 is 2.23 bits per heavy atom. The number of hydrogen-bond acceptors (Lipinski definition) is 9. The third kappa shape index (κ3) is 8.63. The van der Waals surface area contributed by atoms with Crippen molar-refractivity contribution in [1.82, 2.24) is 0 Å². The topological polar surface area (TPSA) is 75.6 Å². The van der Waals surface area contributed by atoms with Crippen molar-refractivity contribution in [1.29, 1.82) is 0 Å². The average molecular weight is 621 g/mol. The predicted molar refractivity (Wildman–Crippen MR) is 166 cm³/mol. The maximum atomic E-state index is 11.5. The van der Waals surface area contributed by atoms with Crippen LogP contribution in [-0.4, -0.2) is 84.0 Å². The number of hydrogen-bond donors (Lipinski definition) is 1. The van der Waals surface area contributed by atoms with Crippen LogP contribution in [0.1, 0.15) is 93.9 Å². The molecule has 1 N–H and O–H groups in total. The molecular weight excluding hydrogens is 565 g/mol. The minimum Gasteiger partial charge on any atom is -0.416 e. The van der Waals surface area contributed by atoms with Crippen molar-refractivity contribution >= 4 is 31.8 Å². The molecule has 4 fully saturated rings. The summed E-state index contributed by atoms with van der Waals surface area (Å²) in [6.07, 6.45) is 4.38. The van der Waals surface area contributed by atoms with Crippen LogP contribution in [0, 0.1) is 5.92 Å². The lowest BCUT2D eigenvalue weighted by Gasteiger charge is -2.45. The molecule has 4 heterocycles. The van der Waals surface area contributed by atoms with E-state index in [1.807, 2.05) is 51.2 Å². The van der Waals surface area contributed by atoms with Gasteiger partial charge in [-0.1, -0.05) is 27.7 Å². The molecule has 40 heavy (non-hydrogen) atoms. The predicted octanol–water partition coefficient (Wildman–Crippen LogP) is 6.92. The Morgan fingerprint density at radius 2 is 1.60 bits per heavy atom. The Morgan fingerprint density at radius 1 is 0.950 bits per heavy atom. The summed E-state index contributed by atoms with van der Waals surface area (Å²) in [6, 6.07) is 0. The lowest BCUT2D eigenvalue weighted by atomic mass is 9.93. The molecule has 234 valence electrons. The van der Waals surface area contributed by atoms with Crippen molar-refractivity contribution in [3.05, 3.63) is 0 Å². The molecule has 0 bridgehead atoms. The fourth-order valence-electron chi connectivity index (χ4n) is 6.05. The Labute approximate surface area is 253 Å². The third-order valence-electron chi connectivity index (χ3n) is 9.13. The van der Waals surface area contributed by atoms with Crippen LogP contribution in [0.15, 0.2) is 0 Å². The average Bonchev–Trinajstić information content (AvgIpc) is 3.28. The minimum atomic E-state index is -1.83. The summed E-state index contributed by atoms with van der Waals surface area (Å²) in [7, 11) is -1.83. The van der Waals surface area contributed by atoms with Crippen molar-refractivity contribution in [2.75, 3.05) is 18.1 Å². The summed E-state index contributed by atoms with van der Waals surface area (Å²) in [5.41, 5.74) is 0. The third-order valence-corrected chi connectivity index (χ3v) is 17.0. The van der Waals surface area contributed by atoms with Gasteiger partial charge in [0.2, 0.25) is 0 Å². The quantitative estimate of drug-likeness (QED) is 0.262. The van der Waals surface area contributed by atoms with Gasteiger partial charge in [-0.05, 0) is 83.0 Å². The van der Waals surface area contributed by atoms with Crippen LogP contribution in [-0.2, 0) is 28.1 Å². The molecule has 4 saturated heterocycles. The molecule has 7 atom stereocenters. The van der Waals surface area contributed by atoms with Crippen LogP contribution in [0.3, 0.4) is 0 Å². The molecule has 0 aromatic heterocycles. The monoisotopic (exact) mass is 620 g/mol. The van der Waals surface area contributed by atoms with Crippen LogP contribution in [0.2, 0.25) is 18.1 Å². The summed E-state index contributed by atoms with van der Waals surface area (Å²) in [4.78, 5) is 0. The van der Waals surface area contributed by atoms with Crippen molar-refractivity contribution in [2.24, 2.45) is 5.92 Å². The molecule has 0 saturated carbocycles. The molecular formula is C30H56O7S2Si. The van der Waals surface area contributed by atoms with Gasteiger partial charge in [0.15, 0.2) is 26.2 Å². The van der Waals surface area contributed by atoms with Gasteiger partial charge in [0.05, 0.1) is 28.5 Å². The highest BCUT2D eigenvalue weighted by molar-refractivity contribution is 8.18. The van der Waals surface area contributed by atoms with E-state index >= 15 is 0 Å². The minimum absolute atomic E-state index is 0.00187. The maximum absolute atomic E-state index is 11.5. The molecule has 4 rings (SSSR count). The zero-order chi connectivity index (χ0) is 29.6. The van der Waals surface area contributed by atoms with E-state index in [1.54, 1.807) is 0 Å². The van der Waals surface area contributed by atoms with E-state index in [9.17, 15) is 5.11 Å². The van der Waals surface area contributed by atoms with E-state index in [4.69, 9.17) is 28.1 Å². The summed E-state index contributed by atoms with van der Waals surface area (Å²) < 4.78 is 37.6. The summed E-state index contributed by atoms with van der Waals surface area (Å²) in [6.45, 7) is 22.2. The molecule has 0 aliphatic carbocycles. The fraction of sp³-hybridized carbons (Fsp3) is 1.00. The summed E-state index contributed by atoms with van der Waals surface area (Å²) >= 11 is 3.99. The highest BCUT2D eigenvalue weighted by atomic mass is 32.2. The van der Waals surface area contributed by atoms with Gasteiger partial charge in [-0.3, -0.25) is 0 Å². The van der Waals surface area contributed by atoms with Crippen LogP contribution in [0.5, 0.6) is 0 Å². The van der Waals surface area contributed by atoms with Gasteiger partial charge in [0.25, 0.3) is 0 Å². The second-order valence-electron chi connectivity index (χ2n) is 14.9. The van der Waals surface area contributed by atoms with Crippen molar-refractivity contribution in [2.45, 2.75) is 165 Å². The van der Waals surface area contributed by atoms with Gasteiger partial charge in [0.1, 0.15) is 6.10 Å².